The lowest BCUT2D eigenvalue weighted by atomic mass is 10.1. The zero-order chi connectivity index (χ0) is 14.1. The maximum atomic E-state index is 12.4. The van der Waals surface area contributed by atoms with Crippen molar-refractivity contribution in [1.29, 1.82) is 0 Å². The molecule has 1 aromatic rings. The predicted octanol–water partition coefficient (Wildman–Crippen LogP) is 0.270. The first-order chi connectivity index (χ1) is 9.24. The number of aliphatic hydroxyl groups excluding tert-OH is 2. The predicted molar refractivity (Wildman–Crippen MR) is 71.5 cm³/mol. The smallest absolute Gasteiger partial charge is 0.255 e. The van der Waals surface area contributed by atoms with Gasteiger partial charge in [0, 0.05) is 25.5 Å². The molecule has 0 aliphatic carbocycles. The first-order valence-corrected chi connectivity index (χ1v) is 6.18. The molecule has 2 N–H and O–H groups in total. The van der Waals surface area contributed by atoms with Crippen LogP contribution in [-0.4, -0.2) is 52.3 Å². The molecule has 0 aliphatic heterocycles. The molecule has 0 bridgehead atoms. The van der Waals surface area contributed by atoms with Crippen LogP contribution in [0.15, 0.2) is 18.5 Å². The van der Waals surface area contributed by atoms with Crippen LogP contribution in [0.25, 0.3) is 0 Å². The lowest BCUT2D eigenvalue weighted by Crippen LogP contribution is -2.34. The summed E-state index contributed by atoms with van der Waals surface area (Å²) in [4.78, 5) is 17.9. The normalized spacial score (nSPS) is 9.63. The van der Waals surface area contributed by atoms with E-state index >= 15 is 0 Å². The average molecular weight is 262 g/mol. The molecule has 0 atom stereocenters. The minimum atomic E-state index is -0.266. The number of aliphatic hydroxyl groups is 2. The first kappa shape index (κ1) is 15.2. The highest BCUT2D eigenvalue weighted by molar-refractivity contribution is 5.96. The van der Waals surface area contributed by atoms with Crippen LogP contribution in [0.5, 0.6) is 0 Å². The lowest BCUT2D eigenvalue weighted by Gasteiger charge is -2.21. The topological polar surface area (TPSA) is 73.7 Å². The minimum absolute atomic E-state index is 0.0749. The monoisotopic (exact) mass is 262 g/mol. The SMILES string of the molecule is CCCN(CCO)C(=O)c1ccncc1C#CCO. The van der Waals surface area contributed by atoms with Crippen molar-refractivity contribution in [1.82, 2.24) is 9.88 Å². The maximum Gasteiger partial charge on any atom is 0.255 e. The largest absolute Gasteiger partial charge is 0.395 e. The number of carbonyl (C=O) groups is 1. The van der Waals surface area contributed by atoms with E-state index in [0.29, 0.717) is 24.2 Å². The van der Waals surface area contributed by atoms with Gasteiger partial charge >= 0.3 is 0 Å². The second kappa shape index (κ2) is 8.25. The van der Waals surface area contributed by atoms with Gasteiger partial charge in [-0.2, -0.15) is 0 Å². The van der Waals surface area contributed by atoms with E-state index in [4.69, 9.17) is 10.2 Å². The van der Waals surface area contributed by atoms with E-state index in [0.717, 1.165) is 6.42 Å². The fraction of sp³-hybridized carbons (Fsp3) is 0.429. The first-order valence-electron chi connectivity index (χ1n) is 6.18. The van der Waals surface area contributed by atoms with E-state index in [9.17, 15) is 4.79 Å². The van der Waals surface area contributed by atoms with Crippen molar-refractivity contribution in [2.45, 2.75) is 13.3 Å². The van der Waals surface area contributed by atoms with Crippen LogP contribution in [0.1, 0.15) is 29.3 Å². The van der Waals surface area contributed by atoms with Crippen LogP contribution in [-0.2, 0) is 0 Å². The molecule has 0 unspecified atom stereocenters. The standard InChI is InChI=1S/C14H18N2O3/c1-2-7-16(8-10-18)14(19)13-5-6-15-11-12(13)4-3-9-17/h5-6,11,17-18H,2,7-10H2,1H3. The Kier molecular flexibility index (Phi) is 6.58. The van der Waals surface area contributed by atoms with Crippen LogP contribution >= 0.6 is 0 Å². The van der Waals surface area contributed by atoms with Gasteiger partial charge in [-0.15, -0.1) is 0 Å². The zero-order valence-corrected chi connectivity index (χ0v) is 11.0. The van der Waals surface area contributed by atoms with Crippen LogP contribution in [0, 0.1) is 11.8 Å². The van der Waals surface area contributed by atoms with Crippen LogP contribution in [0.3, 0.4) is 0 Å². The van der Waals surface area contributed by atoms with Gasteiger partial charge in [0.25, 0.3) is 5.91 Å². The Bertz CT molecular complexity index is 471. The lowest BCUT2D eigenvalue weighted by molar-refractivity contribution is 0.0721. The van der Waals surface area contributed by atoms with E-state index in [1.165, 1.54) is 12.4 Å². The molecule has 0 saturated carbocycles. The van der Waals surface area contributed by atoms with Gasteiger partial charge in [0.15, 0.2) is 0 Å². The summed E-state index contributed by atoms with van der Waals surface area (Å²) in [5, 5.41) is 17.7. The Balaban J connectivity index is 3.03. The van der Waals surface area contributed by atoms with Crippen molar-refractivity contribution in [3.8, 4) is 11.8 Å². The second-order valence-corrected chi connectivity index (χ2v) is 3.90. The highest BCUT2D eigenvalue weighted by atomic mass is 16.3. The molecular formula is C14H18N2O3. The molecule has 0 saturated heterocycles. The molecule has 5 nitrogen and oxygen atoms in total. The Hall–Kier alpha value is -1.90. The van der Waals surface area contributed by atoms with Gasteiger partial charge < -0.3 is 15.1 Å². The molecule has 0 aliphatic rings. The van der Waals surface area contributed by atoms with Crippen molar-refractivity contribution in [3.63, 3.8) is 0 Å². The Morgan fingerprint density at radius 3 is 2.84 bits per heavy atom. The highest BCUT2D eigenvalue weighted by Crippen LogP contribution is 2.10. The van der Waals surface area contributed by atoms with E-state index in [-0.39, 0.29) is 19.1 Å². The highest BCUT2D eigenvalue weighted by Gasteiger charge is 2.17. The third-order valence-corrected chi connectivity index (χ3v) is 2.50. The third-order valence-electron chi connectivity index (χ3n) is 2.50. The van der Waals surface area contributed by atoms with E-state index in [1.807, 2.05) is 6.92 Å². The van der Waals surface area contributed by atoms with Gasteiger partial charge in [0.1, 0.15) is 6.61 Å². The number of aromatic nitrogens is 1. The summed E-state index contributed by atoms with van der Waals surface area (Å²) in [5.74, 6) is 5.04. The molecule has 0 spiro atoms. The zero-order valence-electron chi connectivity index (χ0n) is 11.0. The quantitative estimate of drug-likeness (QED) is 0.747. The number of rotatable bonds is 5. The van der Waals surface area contributed by atoms with Gasteiger partial charge in [-0.3, -0.25) is 9.78 Å². The second-order valence-electron chi connectivity index (χ2n) is 3.90. The summed E-state index contributed by atoms with van der Waals surface area (Å²) in [6.07, 6.45) is 3.84. The molecular weight excluding hydrogens is 244 g/mol. The van der Waals surface area contributed by atoms with Gasteiger partial charge in [0.05, 0.1) is 17.7 Å². The van der Waals surface area contributed by atoms with Crippen molar-refractivity contribution in [3.05, 3.63) is 29.6 Å². The van der Waals surface area contributed by atoms with Crippen LogP contribution in [0.2, 0.25) is 0 Å². The summed E-state index contributed by atoms with van der Waals surface area (Å²) in [7, 11) is 0. The Labute approximate surface area is 112 Å². The van der Waals surface area contributed by atoms with Crippen molar-refractivity contribution >= 4 is 5.91 Å². The van der Waals surface area contributed by atoms with Gasteiger partial charge in [-0.05, 0) is 12.5 Å². The maximum absolute atomic E-state index is 12.4. The molecule has 0 fully saturated rings. The number of hydrogen-bond donors (Lipinski definition) is 2. The molecule has 102 valence electrons. The van der Waals surface area contributed by atoms with Crippen molar-refractivity contribution in [2.24, 2.45) is 0 Å². The number of nitrogens with zero attached hydrogens (tertiary/aromatic N) is 2. The van der Waals surface area contributed by atoms with Gasteiger partial charge in [-0.1, -0.05) is 18.8 Å². The minimum Gasteiger partial charge on any atom is -0.395 e. The molecule has 1 heterocycles. The summed E-state index contributed by atoms with van der Waals surface area (Å²) in [5.41, 5.74) is 0.929. The molecule has 0 aromatic carbocycles. The molecule has 1 rings (SSSR count). The number of pyridine rings is 1. The Morgan fingerprint density at radius 1 is 1.42 bits per heavy atom. The van der Waals surface area contributed by atoms with Gasteiger partial charge in [-0.25, -0.2) is 0 Å². The van der Waals surface area contributed by atoms with Crippen LogP contribution in [0.4, 0.5) is 0 Å². The molecule has 1 aromatic heterocycles. The van der Waals surface area contributed by atoms with E-state index < -0.39 is 0 Å². The van der Waals surface area contributed by atoms with E-state index in [1.54, 1.807) is 11.0 Å². The molecule has 19 heavy (non-hydrogen) atoms. The van der Waals surface area contributed by atoms with Crippen molar-refractivity contribution in [2.75, 3.05) is 26.3 Å². The number of carbonyl (C=O) groups excluding carboxylic acids is 1. The molecule has 5 heteroatoms. The summed E-state index contributed by atoms with van der Waals surface area (Å²) < 4.78 is 0. The average Bonchev–Trinajstić information content (AvgIpc) is 2.44. The molecule has 0 radical (unpaired) electrons. The number of hydrogen-bond acceptors (Lipinski definition) is 4. The van der Waals surface area contributed by atoms with Crippen molar-refractivity contribution < 1.29 is 15.0 Å². The van der Waals surface area contributed by atoms with Crippen LogP contribution < -0.4 is 0 Å². The van der Waals surface area contributed by atoms with Gasteiger partial charge in [0.2, 0.25) is 0 Å². The molecule has 1 amide bonds. The fourth-order valence-electron chi connectivity index (χ4n) is 1.69. The summed E-state index contributed by atoms with van der Waals surface area (Å²) in [6, 6.07) is 1.60. The summed E-state index contributed by atoms with van der Waals surface area (Å²) in [6.45, 7) is 2.50. The van der Waals surface area contributed by atoms with E-state index in [2.05, 4.69) is 16.8 Å². The Morgan fingerprint density at radius 2 is 2.21 bits per heavy atom. The number of amides is 1. The fourth-order valence-corrected chi connectivity index (χ4v) is 1.69. The third kappa shape index (κ3) is 4.36. The summed E-state index contributed by atoms with van der Waals surface area (Å²) >= 11 is 0.